The highest BCUT2D eigenvalue weighted by atomic mass is 16.5. The van der Waals surface area contributed by atoms with E-state index >= 15 is 0 Å². The lowest BCUT2D eigenvalue weighted by atomic mass is 10.2. The number of methoxy groups -OCH3 is 2. The molecule has 0 bridgehead atoms. The standard InChI is InChI=1S/C19H23N5O5/c1-26-10-9-15-21-18(29-23-15)12-20-16(25)7-4-8-17-22-19(24-28-17)13-5-3-6-14(11-13)27-2/h3,5-6,11H,4,7-10,12H2,1-2H3,(H,20,25). The van der Waals surface area contributed by atoms with Gasteiger partial charge in [-0.25, -0.2) is 0 Å². The third kappa shape index (κ3) is 6.11. The number of benzene rings is 1. The highest BCUT2D eigenvalue weighted by molar-refractivity contribution is 5.75. The summed E-state index contributed by atoms with van der Waals surface area (Å²) in [4.78, 5) is 20.5. The van der Waals surface area contributed by atoms with Gasteiger partial charge in [-0.05, 0) is 18.6 Å². The smallest absolute Gasteiger partial charge is 0.246 e. The van der Waals surface area contributed by atoms with Crippen molar-refractivity contribution in [2.75, 3.05) is 20.8 Å². The summed E-state index contributed by atoms with van der Waals surface area (Å²) < 4.78 is 20.5. The Hall–Kier alpha value is -3.27. The summed E-state index contributed by atoms with van der Waals surface area (Å²) >= 11 is 0. The Morgan fingerprint density at radius 1 is 1.10 bits per heavy atom. The Labute approximate surface area is 167 Å². The summed E-state index contributed by atoms with van der Waals surface area (Å²) in [7, 11) is 3.21. The summed E-state index contributed by atoms with van der Waals surface area (Å²) in [6, 6.07) is 7.42. The number of nitrogens with zero attached hydrogens (tertiary/aromatic N) is 4. The molecule has 2 heterocycles. The largest absolute Gasteiger partial charge is 0.497 e. The summed E-state index contributed by atoms with van der Waals surface area (Å²) in [5.74, 6) is 2.50. The minimum Gasteiger partial charge on any atom is -0.497 e. The number of hydrogen-bond acceptors (Lipinski definition) is 9. The lowest BCUT2D eigenvalue weighted by Crippen LogP contribution is -2.22. The first-order chi connectivity index (χ1) is 14.2. The van der Waals surface area contributed by atoms with Gasteiger partial charge in [0.05, 0.1) is 20.3 Å². The van der Waals surface area contributed by atoms with Crippen LogP contribution in [0.15, 0.2) is 33.3 Å². The highest BCUT2D eigenvalue weighted by Gasteiger charge is 2.11. The number of aromatic nitrogens is 4. The number of carbonyl (C=O) groups excluding carboxylic acids is 1. The van der Waals surface area contributed by atoms with Gasteiger partial charge >= 0.3 is 0 Å². The first-order valence-electron chi connectivity index (χ1n) is 9.22. The topological polar surface area (TPSA) is 125 Å². The van der Waals surface area contributed by atoms with E-state index in [0.717, 1.165) is 11.3 Å². The molecule has 10 nitrogen and oxygen atoms in total. The Balaban J connectivity index is 1.40. The van der Waals surface area contributed by atoms with Crippen LogP contribution < -0.4 is 10.1 Å². The van der Waals surface area contributed by atoms with Gasteiger partial charge in [-0.15, -0.1) is 0 Å². The molecule has 0 unspecified atom stereocenters. The van der Waals surface area contributed by atoms with Crippen LogP contribution >= 0.6 is 0 Å². The Morgan fingerprint density at radius 3 is 2.79 bits per heavy atom. The van der Waals surface area contributed by atoms with Crippen molar-refractivity contribution in [2.45, 2.75) is 32.2 Å². The van der Waals surface area contributed by atoms with Crippen molar-refractivity contribution in [1.29, 1.82) is 0 Å². The van der Waals surface area contributed by atoms with E-state index in [2.05, 4.69) is 25.6 Å². The van der Waals surface area contributed by atoms with Crippen molar-refractivity contribution in [2.24, 2.45) is 0 Å². The van der Waals surface area contributed by atoms with Crippen molar-refractivity contribution in [1.82, 2.24) is 25.6 Å². The van der Waals surface area contributed by atoms with E-state index in [-0.39, 0.29) is 12.5 Å². The average molecular weight is 401 g/mol. The van der Waals surface area contributed by atoms with Crippen molar-refractivity contribution in [3.63, 3.8) is 0 Å². The molecule has 0 radical (unpaired) electrons. The molecule has 0 saturated heterocycles. The fourth-order valence-electron chi connectivity index (χ4n) is 2.56. The molecule has 0 saturated carbocycles. The van der Waals surface area contributed by atoms with Crippen LogP contribution in [0.2, 0.25) is 0 Å². The molecule has 154 valence electrons. The maximum absolute atomic E-state index is 12.0. The highest BCUT2D eigenvalue weighted by Crippen LogP contribution is 2.21. The predicted molar refractivity (Wildman–Crippen MR) is 101 cm³/mol. The van der Waals surface area contributed by atoms with Gasteiger partial charge in [0.25, 0.3) is 0 Å². The van der Waals surface area contributed by atoms with Gasteiger partial charge in [-0.3, -0.25) is 4.79 Å². The minimum atomic E-state index is -0.117. The van der Waals surface area contributed by atoms with Gasteiger partial charge in [0, 0.05) is 31.9 Å². The van der Waals surface area contributed by atoms with Crippen LogP contribution in [0, 0.1) is 0 Å². The molecule has 0 aliphatic rings. The molecular weight excluding hydrogens is 378 g/mol. The lowest BCUT2D eigenvalue weighted by molar-refractivity contribution is -0.121. The quantitative estimate of drug-likeness (QED) is 0.513. The van der Waals surface area contributed by atoms with Crippen molar-refractivity contribution in [3.8, 4) is 17.1 Å². The van der Waals surface area contributed by atoms with Gasteiger partial charge in [-0.1, -0.05) is 22.4 Å². The third-order valence-electron chi connectivity index (χ3n) is 4.07. The first-order valence-corrected chi connectivity index (χ1v) is 9.22. The summed E-state index contributed by atoms with van der Waals surface area (Å²) in [5, 5.41) is 10.6. The first kappa shape index (κ1) is 20.5. The molecule has 0 aliphatic heterocycles. The maximum atomic E-state index is 12.0. The third-order valence-corrected chi connectivity index (χ3v) is 4.07. The monoisotopic (exact) mass is 401 g/mol. The van der Waals surface area contributed by atoms with Crippen LogP contribution in [0.5, 0.6) is 5.75 Å². The molecule has 1 amide bonds. The number of amides is 1. The van der Waals surface area contributed by atoms with Crippen molar-refractivity contribution >= 4 is 5.91 Å². The van der Waals surface area contributed by atoms with E-state index in [1.54, 1.807) is 14.2 Å². The van der Waals surface area contributed by atoms with Gasteiger partial charge in [0.2, 0.25) is 23.5 Å². The minimum absolute atomic E-state index is 0.117. The zero-order valence-corrected chi connectivity index (χ0v) is 16.4. The Kier molecular flexibility index (Phi) is 7.28. The summed E-state index contributed by atoms with van der Waals surface area (Å²) in [6.07, 6.45) is 1.97. The van der Waals surface area contributed by atoms with E-state index in [1.165, 1.54) is 0 Å². The number of rotatable bonds is 11. The average Bonchev–Trinajstić information content (AvgIpc) is 3.40. The Bertz CT molecular complexity index is 923. The maximum Gasteiger partial charge on any atom is 0.246 e. The second kappa shape index (κ2) is 10.3. The number of ether oxygens (including phenoxy) is 2. The molecule has 0 fully saturated rings. The fourth-order valence-corrected chi connectivity index (χ4v) is 2.56. The number of nitrogens with one attached hydrogen (secondary N) is 1. The molecule has 0 aliphatic carbocycles. The van der Waals surface area contributed by atoms with Gasteiger partial charge < -0.3 is 23.8 Å². The molecule has 2 aromatic heterocycles. The lowest BCUT2D eigenvalue weighted by Gasteiger charge is -2.01. The van der Waals surface area contributed by atoms with E-state index < -0.39 is 0 Å². The Morgan fingerprint density at radius 2 is 1.97 bits per heavy atom. The zero-order chi connectivity index (χ0) is 20.5. The van der Waals surface area contributed by atoms with Gasteiger partial charge in [0.15, 0.2) is 5.82 Å². The van der Waals surface area contributed by atoms with Crippen LogP contribution in [-0.2, 0) is 28.9 Å². The van der Waals surface area contributed by atoms with Crippen LogP contribution in [-0.4, -0.2) is 47.0 Å². The molecule has 0 spiro atoms. The van der Waals surface area contributed by atoms with Crippen molar-refractivity contribution < 1.29 is 23.3 Å². The van der Waals surface area contributed by atoms with Crippen LogP contribution in [0.4, 0.5) is 0 Å². The van der Waals surface area contributed by atoms with E-state index in [1.807, 2.05) is 24.3 Å². The molecular formula is C19H23N5O5. The molecule has 1 N–H and O–H groups in total. The fraction of sp³-hybridized carbons (Fsp3) is 0.421. The van der Waals surface area contributed by atoms with Gasteiger partial charge in [0.1, 0.15) is 5.75 Å². The van der Waals surface area contributed by atoms with E-state index in [0.29, 0.717) is 55.7 Å². The normalized spacial score (nSPS) is 10.8. The summed E-state index contributed by atoms with van der Waals surface area (Å²) in [5.41, 5.74) is 0.807. The van der Waals surface area contributed by atoms with Crippen LogP contribution in [0.1, 0.15) is 30.4 Å². The van der Waals surface area contributed by atoms with E-state index in [4.69, 9.17) is 18.5 Å². The number of hydrogen-bond donors (Lipinski definition) is 1. The molecule has 3 rings (SSSR count). The molecule has 29 heavy (non-hydrogen) atoms. The second-order valence-electron chi connectivity index (χ2n) is 6.22. The van der Waals surface area contributed by atoms with Crippen molar-refractivity contribution in [3.05, 3.63) is 41.9 Å². The predicted octanol–water partition coefficient (Wildman–Crippen LogP) is 1.96. The number of carbonyl (C=O) groups is 1. The van der Waals surface area contributed by atoms with Crippen LogP contribution in [0.3, 0.4) is 0 Å². The van der Waals surface area contributed by atoms with Crippen LogP contribution in [0.25, 0.3) is 11.4 Å². The molecule has 0 atom stereocenters. The van der Waals surface area contributed by atoms with E-state index in [9.17, 15) is 4.79 Å². The molecule has 3 aromatic rings. The number of aryl methyl sites for hydroxylation is 1. The SMILES string of the molecule is COCCc1noc(CNC(=O)CCCc2nc(-c3cccc(OC)c3)no2)n1. The summed E-state index contributed by atoms with van der Waals surface area (Å²) in [6.45, 7) is 0.708. The van der Waals surface area contributed by atoms with Gasteiger partial charge in [-0.2, -0.15) is 9.97 Å². The second-order valence-corrected chi connectivity index (χ2v) is 6.22. The zero-order valence-electron chi connectivity index (χ0n) is 16.4. The molecule has 10 heteroatoms. The molecule has 1 aromatic carbocycles.